The highest BCUT2D eigenvalue weighted by atomic mass is 32.1. The van der Waals surface area contributed by atoms with Gasteiger partial charge < -0.3 is 15.2 Å². The SMILES string of the molecule is CC[C@H](C)Cc1c(C)sc2nc(CNc3ccc(N4CCCC4)cc3)[nH]c(=O)c12. The third-order valence-corrected chi connectivity index (χ3v) is 7.00. The maximum Gasteiger partial charge on any atom is 0.259 e. The molecule has 1 atom stereocenters. The van der Waals surface area contributed by atoms with Gasteiger partial charge in [-0.1, -0.05) is 20.3 Å². The standard InChI is InChI=1S/C23H30N4OS/c1-4-15(2)13-19-16(3)29-23-21(19)22(28)25-20(26-23)14-24-17-7-9-18(10-8-17)27-11-5-6-12-27/h7-10,15,24H,4-6,11-14H2,1-3H3,(H,25,26,28)/t15-/m0/s1. The summed E-state index contributed by atoms with van der Waals surface area (Å²) in [6.07, 6.45) is 4.61. The van der Waals surface area contributed by atoms with Crippen molar-refractivity contribution in [1.29, 1.82) is 0 Å². The number of aromatic nitrogens is 2. The van der Waals surface area contributed by atoms with Gasteiger partial charge in [-0.05, 0) is 61.9 Å². The molecule has 0 saturated carbocycles. The summed E-state index contributed by atoms with van der Waals surface area (Å²) in [5.41, 5.74) is 3.48. The van der Waals surface area contributed by atoms with Gasteiger partial charge in [0.25, 0.3) is 5.56 Å². The average molecular weight is 411 g/mol. The van der Waals surface area contributed by atoms with Crippen LogP contribution in [-0.2, 0) is 13.0 Å². The minimum absolute atomic E-state index is 0.0150. The molecular weight excluding hydrogens is 380 g/mol. The zero-order chi connectivity index (χ0) is 20.4. The van der Waals surface area contributed by atoms with Crippen LogP contribution in [0, 0.1) is 12.8 Å². The molecule has 3 heterocycles. The van der Waals surface area contributed by atoms with Crippen molar-refractivity contribution in [1.82, 2.24) is 9.97 Å². The number of nitrogens with zero attached hydrogens (tertiary/aromatic N) is 2. The maximum absolute atomic E-state index is 12.8. The Morgan fingerprint density at radius 2 is 1.97 bits per heavy atom. The Morgan fingerprint density at radius 3 is 2.66 bits per heavy atom. The van der Waals surface area contributed by atoms with Crippen molar-refractivity contribution in [3.05, 3.63) is 50.9 Å². The molecule has 1 aliphatic heterocycles. The fourth-order valence-electron chi connectivity index (χ4n) is 3.99. The highest BCUT2D eigenvalue weighted by molar-refractivity contribution is 7.18. The minimum atomic E-state index is -0.0150. The van der Waals surface area contributed by atoms with Gasteiger partial charge in [0, 0.05) is 29.3 Å². The molecule has 0 aliphatic carbocycles. The van der Waals surface area contributed by atoms with Gasteiger partial charge >= 0.3 is 0 Å². The van der Waals surface area contributed by atoms with Gasteiger partial charge in [-0.25, -0.2) is 4.98 Å². The predicted molar refractivity (Wildman–Crippen MR) is 123 cm³/mol. The van der Waals surface area contributed by atoms with Crippen LogP contribution in [0.25, 0.3) is 10.2 Å². The van der Waals surface area contributed by atoms with E-state index in [-0.39, 0.29) is 5.56 Å². The summed E-state index contributed by atoms with van der Waals surface area (Å²) in [5.74, 6) is 1.25. The number of aromatic amines is 1. The van der Waals surface area contributed by atoms with Gasteiger partial charge in [-0.15, -0.1) is 11.3 Å². The molecule has 1 fully saturated rings. The van der Waals surface area contributed by atoms with Crippen molar-refractivity contribution in [2.75, 3.05) is 23.3 Å². The average Bonchev–Trinajstić information content (AvgIpc) is 3.35. The van der Waals surface area contributed by atoms with Crippen molar-refractivity contribution in [3.8, 4) is 0 Å². The minimum Gasteiger partial charge on any atom is -0.378 e. The lowest BCUT2D eigenvalue weighted by Crippen LogP contribution is -2.17. The van der Waals surface area contributed by atoms with E-state index in [1.165, 1.54) is 29.0 Å². The number of thiophene rings is 1. The van der Waals surface area contributed by atoms with E-state index < -0.39 is 0 Å². The van der Waals surface area contributed by atoms with E-state index in [2.05, 4.69) is 60.2 Å². The summed E-state index contributed by atoms with van der Waals surface area (Å²) < 4.78 is 0. The lowest BCUT2D eigenvalue weighted by molar-refractivity contribution is 0.561. The van der Waals surface area contributed by atoms with Gasteiger partial charge in [0.15, 0.2) is 0 Å². The third-order valence-electron chi connectivity index (χ3n) is 5.96. The molecule has 2 N–H and O–H groups in total. The molecule has 0 amide bonds. The number of benzene rings is 1. The second kappa shape index (κ2) is 8.57. The smallest absolute Gasteiger partial charge is 0.259 e. The quantitative estimate of drug-likeness (QED) is 0.569. The van der Waals surface area contributed by atoms with E-state index in [9.17, 15) is 4.79 Å². The third kappa shape index (κ3) is 4.32. The molecule has 0 unspecified atom stereocenters. The molecule has 6 heteroatoms. The summed E-state index contributed by atoms with van der Waals surface area (Å²) in [6.45, 7) is 9.33. The Labute approximate surface area is 176 Å². The summed E-state index contributed by atoms with van der Waals surface area (Å²) in [4.78, 5) is 25.0. The van der Waals surface area contributed by atoms with Crippen LogP contribution in [0.3, 0.4) is 0 Å². The molecule has 3 aromatic rings. The van der Waals surface area contributed by atoms with Crippen molar-refractivity contribution in [2.24, 2.45) is 5.92 Å². The Hall–Kier alpha value is -2.34. The lowest BCUT2D eigenvalue weighted by Gasteiger charge is -2.17. The topological polar surface area (TPSA) is 61.0 Å². The molecule has 0 spiro atoms. The van der Waals surface area contributed by atoms with Crippen LogP contribution in [0.4, 0.5) is 11.4 Å². The number of rotatable bonds is 7. The molecule has 0 radical (unpaired) electrons. The number of anilines is 2. The van der Waals surface area contributed by atoms with Crippen molar-refractivity contribution in [2.45, 2.75) is 53.0 Å². The van der Waals surface area contributed by atoms with Crippen molar-refractivity contribution >= 4 is 32.9 Å². The highest BCUT2D eigenvalue weighted by Crippen LogP contribution is 2.29. The number of fused-ring (bicyclic) bond motifs is 1. The van der Waals surface area contributed by atoms with E-state index >= 15 is 0 Å². The lowest BCUT2D eigenvalue weighted by atomic mass is 9.98. The second-order valence-corrected chi connectivity index (χ2v) is 9.34. The van der Waals surface area contributed by atoms with E-state index in [0.717, 1.165) is 41.8 Å². The van der Waals surface area contributed by atoms with Crippen LogP contribution in [0.15, 0.2) is 29.1 Å². The Morgan fingerprint density at radius 1 is 1.24 bits per heavy atom. The zero-order valence-corrected chi connectivity index (χ0v) is 18.4. The number of hydrogen-bond donors (Lipinski definition) is 2. The monoisotopic (exact) mass is 410 g/mol. The second-order valence-electron chi connectivity index (χ2n) is 8.14. The summed E-state index contributed by atoms with van der Waals surface area (Å²) >= 11 is 1.63. The fourth-order valence-corrected chi connectivity index (χ4v) is 5.07. The first-order chi connectivity index (χ1) is 14.0. The zero-order valence-electron chi connectivity index (χ0n) is 17.5. The number of hydrogen-bond acceptors (Lipinski definition) is 5. The van der Waals surface area contributed by atoms with Crippen LogP contribution in [0.5, 0.6) is 0 Å². The molecule has 1 aliphatic rings. The normalized spacial score (nSPS) is 15.2. The molecule has 5 nitrogen and oxygen atoms in total. The molecule has 2 aromatic heterocycles. The first kappa shape index (κ1) is 20.0. The maximum atomic E-state index is 12.8. The number of nitrogens with one attached hydrogen (secondary N) is 2. The van der Waals surface area contributed by atoms with Gasteiger partial charge in [0.1, 0.15) is 10.7 Å². The molecule has 1 saturated heterocycles. The molecule has 1 aromatic carbocycles. The van der Waals surface area contributed by atoms with Crippen LogP contribution < -0.4 is 15.8 Å². The molecule has 29 heavy (non-hydrogen) atoms. The first-order valence-corrected chi connectivity index (χ1v) is 11.5. The molecule has 154 valence electrons. The van der Waals surface area contributed by atoms with E-state index in [0.29, 0.717) is 18.3 Å². The van der Waals surface area contributed by atoms with Crippen LogP contribution in [0.1, 0.15) is 49.4 Å². The van der Waals surface area contributed by atoms with Crippen molar-refractivity contribution < 1.29 is 0 Å². The number of H-pyrrole nitrogens is 1. The van der Waals surface area contributed by atoms with E-state index in [1.807, 2.05) is 0 Å². The van der Waals surface area contributed by atoms with Crippen molar-refractivity contribution in [3.63, 3.8) is 0 Å². The fraction of sp³-hybridized carbons (Fsp3) is 0.478. The summed E-state index contributed by atoms with van der Waals surface area (Å²) in [6, 6.07) is 8.53. The Bertz CT molecular complexity index is 1030. The molecule has 4 rings (SSSR count). The largest absolute Gasteiger partial charge is 0.378 e. The Kier molecular flexibility index (Phi) is 5.90. The molecule has 0 bridgehead atoms. The molecular formula is C23H30N4OS. The highest BCUT2D eigenvalue weighted by Gasteiger charge is 2.17. The van der Waals surface area contributed by atoms with Gasteiger partial charge in [0.05, 0.1) is 11.9 Å². The number of aryl methyl sites for hydroxylation is 1. The van der Waals surface area contributed by atoms with Gasteiger partial charge in [-0.3, -0.25) is 4.79 Å². The summed E-state index contributed by atoms with van der Waals surface area (Å²) in [5, 5.41) is 4.17. The van der Waals surface area contributed by atoms with E-state index in [4.69, 9.17) is 4.98 Å². The van der Waals surface area contributed by atoms with Crippen LogP contribution >= 0.6 is 11.3 Å². The van der Waals surface area contributed by atoms with Gasteiger partial charge in [0.2, 0.25) is 0 Å². The summed E-state index contributed by atoms with van der Waals surface area (Å²) in [7, 11) is 0. The van der Waals surface area contributed by atoms with Crippen LogP contribution in [-0.4, -0.2) is 23.1 Å². The van der Waals surface area contributed by atoms with Gasteiger partial charge in [-0.2, -0.15) is 0 Å². The Balaban J connectivity index is 1.49. The van der Waals surface area contributed by atoms with Crippen LogP contribution in [0.2, 0.25) is 0 Å². The predicted octanol–water partition coefficient (Wildman–Crippen LogP) is 5.09. The van der Waals surface area contributed by atoms with E-state index in [1.54, 1.807) is 11.3 Å². The first-order valence-electron chi connectivity index (χ1n) is 10.6.